The number of benzene rings is 2. The molecule has 3 rings (SSSR count). The highest BCUT2D eigenvalue weighted by molar-refractivity contribution is 6.02. The van der Waals surface area contributed by atoms with E-state index in [4.69, 9.17) is 0 Å². The fourth-order valence-electron chi connectivity index (χ4n) is 2.18. The summed E-state index contributed by atoms with van der Waals surface area (Å²) < 4.78 is 32.9. The van der Waals surface area contributed by atoms with Gasteiger partial charge in [0.25, 0.3) is 0 Å². The number of halogens is 2. The Morgan fingerprint density at radius 2 is 1.85 bits per heavy atom. The maximum Gasteiger partial charge on any atom is 0.439 e. The van der Waals surface area contributed by atoms with Crippen LogP contribution in [0.4, 0.5) is 14.5 Å². The molecule has 1 heterocycles. The number of hydrogen-bond acceptors (Lipinski definition) is 5. The van der Waals surface area contributed by atoms with E-state index in [9.17, 15) is 18.4 Å². The molecule has 0 saturated heterocycles. The topological polar surface area (TPSA) is 97.2 Å². The van der Waals surface area contributed by atoms with Gasteiger partial charge in [-0.1, -0.05) is 17.3 Å². The highest BCUT2D eigenvalue weighted by Crippen LogP contribution is 2.18. The average Bonchev–Trinajstić information content (AvgIpc) is 3.08. The van der Waals surface area contributed by atoms with Crippen LogP contribution in [0.5, 0.6) is 5.75 Å². The fourth-order valence-corrected chi connectivity index (χ4v) is 2.18. The van der Waals surface area contributed by atoms with Gasteiger partial charge in [0.15, 0.2) is 5.82 Å². The van der Waals surface area contributed by atoms with Crippen molar-refractivity contribution in [2.24, 2.45) is 0 Å². The number of hydrogen-bond donors (Lipinski definition) is 2. The number of rotatable bonds is 6. The highest BCUT2D eigenvalue weighted by Gasteiger charge is 2.05. The summed E-state index contributed by atoms with van der Waals surface area (Å²) in [7, 11) is 0. The number of carbonyl (C=O) groups excluding carboxylic acids is 1. The highest BCUT2D eigenvalue weighted by atomic mass is 19.3. The quantitative estimate of drug-likeness (QED) is 0.646. The summed E-state index contributed by atoms with van der Waals surface area (Å²) in [5.74, 6) is -0.691. The van der Waals surface area contributed by atoms with Gasteiger partial charge in [0, 0.05) is 17.3 Å². The third kappa shape index (κ3) is 5.11. The molecule has 0 aliphatic heterocycles. The van der Waals surface area contributed by atoms with Gasteiger partial charge in [-0.05, 0) is 48.0 Å². The van der Waals surface area contributed by atoms with Crippen LogP contribution in [0.25, 0.3) is 17.5 Å². The fraction of sp³-hybridized carbons (Fsp3) is 0.0556. The number of amides is 1. The van der Waals surface area contributed by atoms with Crippen molar-refractivity contribution in [1.29, 1.82) is 0 Å². The van der Waals surface area contributed by atoms with Crippen LogP contribution >= 0.6 is 0 Å². The number of H-pyrrole nitrogens is 1. The zero-order chi connectivity index (χ0) is 19.2. The third-order valence-electron chi connectivity index (χ3n) is 3.40. The van der Waals surface area contributed by atoms with Crippen LogP contribution in [-0.2, 0) is 4.79 Å². The van der Waals surface area contributed by atoms with E-state index in [1.165, 1.54) is 24.3 Å². The molecule has 2 aromatic carbocycles. The van der Waals surface area contributed by atoms with Crippen LogP contribution in [0.15, 0.2) is 63.9 Å². The molecule has 0 radical (unpaired) electrons. The molecule has 0 spiro atoms. The molecule has 0 atom stereocenters. The lowest BCUT2D eigenvalue weighted by molar-refractivity contribution is -0.111. The van der Waals surface area contributed by atoms with Gasteiger partial charge in [0.2, 0.25) is 5.91 Å². The van der Waals surface area contributed by atoms with Crippen molar-refractivity contribution >= 4 is 17.7 Å². The van der Waals surface area contributed by atoms with Gasteiger partial charge in [-0.25, -0.2) is 4.79 Å². The average molecular weight is 373 g/mol. The molecule has 1 amide bonds. The minimum Gasteiger partial charge on any atom is -0.435 e. The van der Waals surface area contributed by atoms with Crippen molar-refractivity contribution in [2.75, 3.05) is 5.32 Å². The Hall–Kier alpha value is -3.75. The summed E-state index contributed by atoms with van der Waals surface area (Å²) >= 11 is 0. The van der Waals surface area contributed by atoms with Crippen molar-refractivity contribution in [3.63, 3.8) is 0 Å². The van der Waals surface area contributed by atoms with Gasteiger partial charge >= 0.3 is 12.4 Å². The minimum absolute atomic E-state index is 0.0418. The molecule has 0 saturated carbocycles. The van der Waals surface area contributed by atoms with E-state index in [1.54, 1.807) is 36.4 Å². The van der Waals surface area contributed by atoms with Gasteiger partial charge in [0.05, 0.1) is 0 Å². The smallest absolute Gasteiger partial charge is 0.435 e. The lowest BCUT2D eigenvalue weighted by Gasteiger charge is -2.04. The predicted molar refractivity (Wildman–Crippen MR) is 93.3 cm³/mol. The summed E-state index contributed by atoms with van der Waals surface area (Å²) in [6.45, 7) is -2.88. The van der Waals surface area contributed by atoms with Crippen LogP contribution in [0.1, 0.15) is 5.56 Å². The third-order valence-corrected chi connectivity index (χ3v) is 3.40. The van der Waals surface area contributed by atoms with Crippen LogP contribution in [0, 0.1) is 0 Å². The van der Waals surface area contributed by atoms with Crippen LogP contribution in [0.2, 0.25) is 0 Å². The number of nitrogens with one attached hydrogen (secondary N) is 2. The maximum absolute atomic E-state index is 12.1. The van der Waals surface area contributed by atoms with Gasteiger partial charge < -0.3 is 10.1 Å². The second-order valence-electron chi connectivity index (χ2n) is 5.29. The van der Waals surface area contributed by atoms with Gasteiger partial charge in [-0.3, -0.25) is 14.3 Å². The lowest BCUT2D eigenvalue weighted by atomic mass is 10.2. The maximum atomic E-state index is 12.1. The molecule has 0 bridgehead atoms. The summed E-state index contributed by atoms with van der Waals surface area (Å²) in [6.07, 6.45) is 2.85. The molecule has 0 fully saturated rings. The summed E-state index contributed by atoms with van der Waals surface area (Å²) in [4.78, 5) is 25.3. The van der Waals surface area contributed by atoms with E-state index in [0.717, 1.165) is 0 Å². The van der Waals surface area contributed by atoms with E-state index < -0.39 is 12.4 Å². The van der Waals surface area contributed by atoms with E-state index in [2.05, 4.69) is 24.7 Å². The van der Waals surface area contributed by atoms with Crippen LogP contribution < -0.4 is 15.8 Å². The largest absolute Gasteiger partial charge is 0.439 e. The van der Waals surface area contributed by atoms with Crippen LogP contribution in [0.3, 0.4) is 0 Å². The summed E-state index contributed by atoms with van der Waals surface area (Å²) in [5, 5.41) is 6.24. The van der Waals surface area contributed by atoms with Gasteiger partial charge in [0.1, 0.15) is 5.75 Å². The number of nitrogens with zero attached hydrogens (tertiary/aromatic N) is 1. The molecule has 0 unspecified atom stereocenters. The van der Waals surface area contributed by atoms with Crippen molar-refractivity contribution in [3.8, 4) is 17.1 Å². The second-order valence-corrected chi connectivity index (χ2v) is 5.29. The van der Waals surface area contributed by atoms with Gasteiger partial charge in [-0.15, -0.1) is 0 Å². The molecule has 2 N–H and O–H groups in total. The molecule has 1 aromatic heterocycles. The molecule has 27 heavy (non-hydrogen) atoms. The Morgan fingerprint density at radius 1 is 1.15 bits per heavy atom. The van der Waals surface area contributed by atoms with E-state index >= 15 is 0 Å². The number of anilines is 1. The SMILES string of the molecule is O=C(/C=C\c1ccc(OC(F)F)cc1)Nc1ccc(-c2noc(=O)[nH]2)cc1. The number of ether oxygens (including phenoxy) is 1. The van der Waals surface area contributed by atoms with Crippen molar-refractivity contribution in [3.05, 3.63) is 70.7 Å². The Morgan fingerprint density at radius 3 is 2.44 bits per heavy atom. The van der Waals surface area contributed by atoms with E-state index in [-0.39, 0.29) is 17.5 Å². The molecule has 3 aromatic rings. The van der Waals surface area contributed by atoms with Crippen LogP contribution in [-0.4, -0.2) is 22.7 Å². The Labute approximate surface area is 151 Å². The standard InChI is InChI=1S/C18H13F2N3O4/c19-17(20)26-14-8-1-11(2-9-14)3-10-15(24)21-13-6-4-12(5-7-13)16-22-18(25)27-23-16/h1-10,17H,(H,21,24)(H,22,23,25)/b10-3-. The van der Waals surface area contributed by atoms with E-state index in [1.807, 2.05) is 0 Å². The minimum atomic E-state index is -2.88. The molecular weight excluding hydrogens is 360 g/mol. The first-order valence-corrected chi connectivity index (χ1v) is 7.70. The molecule has 9 heteroatoms. The van der Waals surface area contributed by atoms with Gasteiger partial charge in [-0.2, -0.15) is 8.78 Å². The molecule has 0 aliphatic carbocycles. The van der Waals surface area contributed by atoms with Crippen molar-refractivity contribution < 1.29 is 22.8 Å². The summed E-state index contributed by atoms with van der Waals surface area (Å²) in [6, 6.07) is 12.5. The number of aromatic nitrogens is 2. The predicted octanol–water partition coefficient (Wildman–Crippen LogP) is 3.28. The molecule has 138 valence electrons. The normalized spacial score (nSPS) is 11.1. The van der Waals surface area contributed by atoms with E-state index in [0.29, 0.717) is 16.8 Å². The molecule has 7 nitrogen and oxygen atoms in total. The van der Waals surface area contributed by atoms with Crippen molar-refractivity contribution in [2.45, 2.75) is 6.61 Å². The summed E-state index contributed by atoms with van der Waals surface area (Å²) in [5.41, 5.74) is 1.82. The number of carbonyl (C=O) groups is 1. The first kappa shape index (κ1) is 18.1. The first-order chi connectivity index (χ1) is 13.0. The zero-order valence-electron chi connectivity index (χ0n) is 13.7. The molecule has 0 aliphatic rings. The Kier molecular flexibility index (Phi) is 5.41. The monoisotopic (exact) mass is 373 g/mol. The second kappa shape index (κ2) is 8.09. The first-order valence-electron chi connectivity index (χ1n) is 7.70. The Bertz CT molecular complexity index is 992. The number of alkyl halides is 2. The lowest BCUT2D eigenvalue weighted by Crippen LogP contribution is -2.07. The number of aromatic amines is 1. The van der Waals surface area contributed by atoms with Crippen molar-refractivity contribution in [1.82, 2.24) is 10.1 Å². The molecular formula is C18H13F2N3O4. The zero-order valence-corrected chi connectivity index (χ0v) is 13.7. The Balaban J connectivity index is 1.58.